The lowest BCUT2D eigenvalue weighted by molar-refractivity contribution is -0.339. The lowest BCUT2D eigenvalue weighted by Crippen LogP contribution is -2.56. The summed E-state index contributed by atoms with van der Waals surface area (Å²) in [4.78, 5) is 32.1. The van der Waals surface area contributed by atoms with E-state index in [-0.39, 0.29) is 0 Å². The monoisotopic (exact) mass is 281 g/mol. The van der Waals surface area contributed by atoms with Gasteiger partial charge in [0.05, 0.1) is 0 Å². The summed E-state index contributed by atoms with van der Waals surface area (Å²) in [7, 11) is 0. The Labute approximate surface area is 108 Å². The number of carbonyl (C=O) groups is 3. The first-order valence-electron chi connectivity index (χ1n) is 5.31. The SMILES string of the molecule is CC(=O)OCC(=O)OC(C(C)(C)C)C(F)(F)C(=O)[O-]. The van der Waals surface area contributed by atoms with Crippen molar-refractivity contribution in [1.29, 1.82) is 0 Å². The largest absolute Gasteiger partial charge is 0.544 e. The van der Waals surface area contributed by atoms with Crippen LogP contribution in [0.25, 0.3) is 0 Å². The molecule has 0 N–H and O–H groups in total. The van der Waals surface area contributed by atoms with E-state index < -0.39 is 42.0 Å². The van der Waals surface area contributed by atoms with Gasteiger partial charge in [-0.2, -0.15) is 8.78 Å². The normalized spacial score (nSPS) is 13.6. The number of ether oxygens (including phenoxy) is 2. The molecule has 0 saturated heterocycles. The number of carbonyl (C=O) groups excluding carboxylic acids is 3. The molecule has 0 aliphatic carbocycles. The van der Waals surface area contributed by atoms with E-state index in [1.165, 1.54) is 20.8 Å². The van der Waals surface area contributed by atoms with Gasteiger partial charge in [-0.15, -0.1) is 0 Å². The van der Waals surface area contributed by atoms with Gasteiger partial charge in [0.1, 0.15) is 5.97 Å². The highest BCUT2D eigenvalue weighted by Gasteiger charge is 2.50. The van der Waals surface area contributed by atoms with Crippen LogP contribution in [0.5, 0.6) is 0 Å². The number of carboxylic acid groups (broad SMARTS) is 1. The van der Waals surface area contributed by atoms with E-state index in [9.17, 15) is 28.3 Å². The van der Waals surface area contributed by atoms with E-state index >= 15 is 0 Å². The number of aliphatic carboxylic acids is 1. The summed E-state index contributed by atoms with van der Waals surface area (Å²) >= 11 is 0. The van der Waals surface area contributed by atoms with E-state index in [0.29, 0.717) is 0 Å². The zero-order valence-electron chi connectivity index (χ0n) is 11.0. The fourth-order valence-corrected chi connectivity index (χ4v) is 1.23. The summed E-state index contributed by atoms with van der Waals surface area (Å²) in [5.41, 5.74) is -1.35. The molecule has 0 aliphatic heterocycles. The molecular formula is C11H15F2O6-. The standard InChI is InChI=1S/C11H16F2O6/c1-6(14)18-5-7(15)19-8(10(2,3)4)11(12,13)9(16)17/h8H,5H2,1-4H3,(H,16,17)/p-1. The van der Waals surface area contributed by atoms with Crippen molar-refractivity contribution in [2.24, 2.45) is 5.41 Å². The number of hydrogen-bond donors (Lipinski definition) is 0. The van der Waals surface area contributed by atoms with Crippen LogP contribution < -0.4 is 5.11 Å². The van der Waals surface area contributed by atoms with Crippen LogP contribution in [0.3, 0.4) is 0 Å². The maximum absolute atomic E-state index is 13.4. The molecule has 0 heterocycles. The van der Waals surface area contributed by atoms with Gasteiger partial charge >= 0.3 is 17.9 Å². The van der Waals surface area contributed by atoms with Gasteiger partial charge in [-0.1, -0.05) is 20.8 Å². The van der Waals surface area contributed by atoms with Crippen molar-refractivity contribution in [3.05, 3.63) is 0 Å². The van der Waals surface area contributed by atoms with Crippen molar-refractivity contribution in [2.45, 2.75) is 39.7 Å². The van der Waals surface area contributed by atoms with Gasteiger partial charge in [0.15, 0.2) is 12.7 Å². The first-order chi connectivity index (χ1) is 8.39. The molecule has 19 heavy (non-hydrogen) atoms. The second-order valence-corrected chi connectivity index (χ2v) is 4.93. The fourth-order valence-electron chi connectivity index (χ4n) is 1.23. The second-order valence-electron chi connectivity index (χ2n) is 4.93. The van der Waals surface area contributed by atoms with Gasteiger partial charge in [0.25, 0.3) is 0 Å². The van der Waals surface area contributed by atoms with Crippen molar-refractivity contribution in [1.82, 2.24) is 0 Å². The van der Waals surface area contributed by atoms with Crippen LogP contribution in [0.4, 0.5) is 8.78 Å². The molecule has 0 aromatic carbocycles. The zero-order valence-corrected chi connectivity index (χ0v) is 11.0. The third-order valence-electron chi connectivity index (χ3n) is 2.03. The molecule has 0 aromatic rings. The topological polar surface area (TPSA) is 92.7 Å². The third-order valence-corrected chi connectivity index (χ3v) is 2.03. The van der Waals surface area contributed by atoms with E-state index in [4.69, 9.17) is 0 Å². The Hall–Kier alpha value is -1.73. The van der Waals surface area contributed by atoms with Gasteiger partial charge in [0, 0.05) is 12.3 Å². The molecule has 0 saturated carbocycles. The van der Waals surface area contributed by atoms with Crippen molar-refractivity contribution >= 4 is 17.9 Å². The highest BCUT2D eigenvalue weighted by molar-refractivity contribution is 5.77. The van der Waals surface area contributed by atoms with Crippen LogP contribution in [0.2, 0.25) is 0 Å². The van der Waals surface area contributed by atoms with Gasteiger partial charge in [-0.25, -0.2) is 4.79 Å². The third kappa shape index (κ3) is 5.19. The van der Waals surface area contributed by atoms with Gasteiger partial charge in [-0.05, 0) is 0 Å². The Morgan fingerprint density at radius 1 is 1.21 bits per heavy atom. The Bertz CT molecular complexity index is 372. The quantitative estimate of drug-likeness (QED) is 0.653. The molecule has 0 amide bonds. The zero-order chi connectivity index (χ0) is 15.4. The van der Waals surface area contributed by atoms with Crippen molar-refractivity contribution in [3.63, 3.8) is 0 Å². The van der Waals surface area contributed by atoms with Crippen LogP contribution >= 0.6 is 0 Å². The molecule has 0 aliphatic rings. The summed E-state index contributed by atoms with van der Waals surface area (Å²) in [6.07, 6.45) is -2.24. The first kappa shape index (κ1) is 17.3. The molecular weight excluding hydrogens is 266 g/mol. The van der Waals surface area contributed by atoms with E-state index in [1.807, 2.05) is 0 Å². The number of hydrogen-bond acceptors (Lipinski definition) is 6. The van der Waals surface area contributed by atoms with Crippen LogP contribution in [0.1, 0.15) is 27.7 Å². The molecule has 1 atom stereocenters. The number of carboxylic acids is 1. The summed E-state index contributed by atoms with van der Waals surface area (Å²) in [6, 6.07) is 0. The Kier molecular flexibility index (Phi) is 5.40. The average molecular weight is 281 g/mol. The first-order valence-corrected chi connectivity index (χ1v) is 5.31. The van der Waals surface area contributed by atoms with Gasteiger partial charge in [-0.3, -0.25) is 4.79 Å². The minimum Gasteiger partial charge on any atom is -0.544 e. The minimum absolute atomic E-state index is 0.795. The van der Waals surface area contributed by atoms with E-state index in [1.54, 1.807) is 0 Å². The highest BCUT2D eigenvalue weighted by Crippen LogP contribution is 2.34. The molecule has 110 valence electrons. The molecule has 0 radical (unpaired) electrons. The molecule has 0 spiro atoms. The maximum atomic E-state index is 13.4. The van der Waals surface area contributed by atoms with E-state index in [0.717, 1.165) is 6.92 Å². The maximum Gasteiger partial charge on any atom is 0.344 e. The number of alkyl halides is 2. The average Bonchev–Trinajstić information content (AvgIpc) is 2.20. The van der Waals surface area contributed by atoms with E-state index in [2.05, 4.69) is 9.47 Å². The lowest BCUT2D eigenvalue weighted by atomic mass is 9.85. The van der Waals surface area contributed by atoms with Crippen LogP contribution in [-0.2, 0) is 23.9 Å². The molecule has 0 fully saturated rings. The van der Waals surface area contributed by atoms with Gasteiger partial charge < -0.3 is 19.4 Å². The molecule has 0 aromatic heterocycles. The van der Waals surface area contributed by atoms with Crippen LogP contribution in [-0.4, -0.2) is 36.5 Å². The van der Waals surface area contributed by atoms with Crippen LogP contribution in [0, 0.1) is 5.41 Å². The minimum atomic E-state index is -4.36. The Morgan fingerprint density at radius 2 is 1.68 bits per heavy atom. The summed E-state index contributed by atoms with van der Waals surface area (Å²) in [5, 5.41) is 10.4. The molecule has 0 rings (SSSR count). The summed E-state index contributed by atoms with van der Waals surface area (Å²) in [6.45, 7) is 3.96. The molecule has 0 bridgehead atoms. The Morgan fingerprint density at radius 3 is 2.00 bits per heavy atom. The lowest BCUT2D eigenvalue weighted by Gasteiger charge is -2.36. The second kappa shape index (κ2) is 5.94. The van der Waals surface area contributed by atoms with Crippen molar-refractivity contribution in [2.75, 3.05) is 6.61 Å². The number of rotatable bonds is 5. The predicted octanol–water partition coefficient (Wildman–Crippen LogP) is -0.107. The number of esters is 2. The molecule has 1 unspecified atom stereocenters. The van der Waals surface area contributed by atoms with Crippen molar-refractivity contribution < 1.29 is 37.7 Å². The van der Waals surface area contributed by atoms with Gasteiger partial charge in [0.2, 0.25) is 0 Å². The Balaban J connectivity index is 4.96. The highest BCUT2D eigenvalue weighted by atomic mass is 19.3. The van der Waals surface area contributed by atoms with Crippen molar-refractivity contribution in [3.8, 4) is 0 Å². The molecule has 8 heteroatoms. The smallest absolute Gasteiger partial charge is 0.344 e. The summed E-state index contributed by atoms with van der Waals surface area (Å²) < 4.78 is 35.5. The number of halogens is 2. The fraction of sp³-hybridized carbons (Fsp3) is 0.727. The summed E-state index contributed by atoms with van der Waals surface area (Å²) in [5.74, 6) is -9.07. The molecule has 6 nitrogen and oxygen atoms in total. The van der Waals surface area contributed by atoms with Crippen LogP contribution in [0.15, 0.2) is 0 Å². The predicted molar refractivity (Wildman–Crippen MR) is 55.9 cm³/mol.